The smallest absolute Gasteiger partial charge is 0.141 e. The molecule has 1 aromatic heterocycles. The third-order valence-electron chi connectivity index (χ3n) is 2.76. The van der Waals surface area contributed by atoms with Crippen molar-refractivity contribution in [3.63, 3.8) is 0 Å². The minimum absolute atomic E-state index is 0.249. The number of para-hydroxylation sites is 2. The van der Waals surface area contributed by atoms with Gasteiger partial charge >= 0.3 is 0 Å². The largest absolute Gasteiger partial charge is 0.357 e. The molecule has 1 aliphatic rings. The van der Waals surface area contributed by atoms with Crippen LogP contribution in [-0.4, -0.2) is 0 Å². The predicted molar refractivity (Wildman–Crippen MR) is 70.4 cm³/mol. The molecular formula is C12H11ClN2S. The van der Waals surface area contributed by atoms with Crippen LogP contribution in [0.4, 0.5) is 11.4 Å². The van der Waals surface area contributed by atoms with Gasteiger partial charge in [-0.05, 0) is 31.2 Å². The Morgan fingerprint density at radius 2 is 1.69 bits per heavy atom. The van der Waals surface area contributed by atoms with Crippen LogP contribution in [0.15, 0.2) is 36.4 Å². The first-order chi connectivity index (χ1) is 7.67. The van der Waals surface area contributed by atoms with Gasteiger partial charge in [0.05, 0.1) is 20.6 Å². The van der Waals surface area contributed by atoms with Gasteiger partial charge < -0.3 is 10.6 Å². The second-order valence-corrected chi connectivity index (χ2v) is 5.74. The molecule has 0 fully saturated rings. The standard InChI is InChI=1S/C12H11ClN2S/c1-12(10-6-7-11(13)16-10)14-8-4-2-3-5-9(8)15-12/h2-7,14-15H,1H3. The van der Waals surface area contributed by atoms with Gasteiger partial charge in [-0.25, -0.2) is 0 Å². The number of anilines is 2. The van der Waals surface area contributed by atoms with Crippen LogP contribution >= 0.6 is 22.9 Å². The molecule has 16 heavy (non-hydrogen) atoms. The number of benzene rings is 1. The highest BCUT2D eigenvalue weighted by molar-refractivity contribution is 7.16. The number of halogens is 1. The Hall–Kier alpha value is -1.19. The summed E-state index contributed by atoms with van der Waals surface area (Å²) in [5.74, 6) is 0. The molecule has 0 unspecified atom stereocenters. The van der Waals surface area contributed by atoms with Gasteiger partial charge in [-0.3, -0.25) is 0 Å². The molecule has 2 N–H and O–H groups in total. The van der Waals surface area contributed by atoms with E-state index in [9.17, 15) is 0 Å². The van der Waals surface area contributed by atoms with Crippen molar-refractivity contribution in [1.29, 1.82) is 0 Å². The van der Waals surface area contributed by atoms with Gasteiger partial charge in [0.25, 0.3) is 0 Å². The highest BCUT2D eigenvalue weighted by atomic mass is 35.5. The van der Waals surface area contributed by atoms with E-state index in [1.54, 1.807) is 11.3 Å². The van der Waals surface area contributed by atoms with Crippen molar-refractivity contribution in [3.8, 4) is 0 Å². The summed E-state index contributed by atoms with van der Waals surface area (Å²) in [5.41, 5.74) is 2.02. The summed E-state index contributed by atoms with van der Waals surface area (Å²) < 4.78 is 0.816. The molecule has 0 aliphatic carbocycles. The van der Waals surface area contributed by atoms with Crippen LogP contribution in [0.5, 0.6) is 0 Å². The Kier molecular flexibility index (Phi) is 2.13. The molecule has 0 spiro atoms. The number of hydrogen-bond donors (Lipinski definition) is 2. The van der Waals surface area contributed by atoms with Crippen LogP contribution in [0, 0.1) is 0 Å². The molecule has 0 saturated carbocycles. The van der Waals surface area contributed by atoms with Gasteiger partial charge in [-0.2, -0.15) is 0 Å². The maximum atomic E-state index is 5.98. The first-order valence-corrected chi connectivity index (χ1v) is 6.28. The van der Waals surface area contributed by atoms with E-state index >= 15 is 0 Å². The molecule has 0 bridgehead atoms. The van der Waals surface area contributed by atoms with Crippen LogP contribution in [0.3, 0.4) is 0 Å². The molecule has 2 heterocycles. The average molecular weight is 251 g/mol. The second-order valence-electron chi connectivity index (χ2n) is 4.02. The molecule has 82 valence electrons. The molecule has 1 aliphatic heterocycles. The van der Waals surface area contributed by atoms with Crippen LogP contribution in [-0.2, 0) is 5.66 Å². The fourth-order valence-corrected chi connectivity index (χ4v) is 3.08. The Morgan fingerprint density at radius 1 is 1.06 bits per heavy atom. The highest BCUT2D eigenvalue weighted by Gasteiger charge is 2.34. The second kappa shape index (κ2) is 3.40. The van der Waals surface area contributed by atoms with Crippen molar-refractivity contribution < 1.29 is 0 Å². The Labute approximate surface area is 103 Å². The summed E-state index contributed by atoms with van der Waals surface area (Å²) in [7, 11) is 0. The predicted octanol–water partition coefficient (Wildman–Crippen LogP) is 4.11. The molecule has 3 rings (SSSR count). The molecule has 2 nitrogen and oxygen atoms in total. The molecule has 2 aromatic rings. The lowest BCUT2D eigenvalue weighted by molar-refractivity contribution is 0.666. The Bertz CT molecular complexity index is 510. The number of thiophene rings is 1. The third kappa shape index (κ3) is 1.47. The zero-order chi connectivity index (χ0) is 11.2. The molecule has 0 radical (unpaired) electrons. The van der Waals surface area contributed by atoms with E-state index in [4.69, 9.17) is 11.6 Å². The molecule has 0 atom stereocenters. The van der Waals surface area contributed by atoms with Crippen LogP contribution < -0.4 is 10.6 Å². The normalized spacial score (nSPS) is 16.4. The number of fused-ring (bicyclic) bond motifs is 1. The third-order valence-corrected chi connectivity index (χ3v) is 4.22. The van der Waals surface area contributed by atoms with Gasteiger partial charge in [0.1, 0.15) is 5.66 Å². The fraction of sp³-hybridized carbons (Fsp3) is 0.167. The zero-order valence-electron chi connectivity index (χ0n) is 8.75. The lowest BCUT2D eigenvalue weighted by Gasteiger charge is -2.24. The van der Waals surface area contributed by atoms with Gasteiger partial charge in [-0.1, -0.05) is 23.7 Å². The van der Waals surface area contributed by atoms with Gasteiger partial charge in [0.15, 0.2) is 0 Å². The topological polar surface area (TPSA) is 24.1 Å². The van der Waals surface area contributed by atoms with Crippen LogP contribution in [0.2, 0.25) is 4.34 Å². The van der Waals surface area contributed by atoms with E-state index in [0.29, 0.717) is 0 Å². The van der Waals surface area contributed by atoms with E-state index < -0.39 is 0 Å². The Balaban J connectivity index is 2.00. The van der Waals surface area contributed by atoms with Crippen molar-refractivity contribution in [2.45, 2.75) is 12.6 Å². The molecule has 1 aromatic carbocycles. The van der Waals surface area contributed by atoms with Gasteiger partial charge in [-0.15, -0.1) is 11.3 Å². The van der Waals surface area contributed by atoms with Crippen molar-refractivity contribution in [1.82, 2.24) is 0 Å². The fourth-order valence-electron chi connectivity index (χ4n) is 1.98. The summed E-state index contributed by atoms with van der Waals surface area (Å²) in [6, 6.07) is 12.2. The number of hydrogen-bond acceptors (Lipinski definition) is 3. The Morgan fingerprint density at radius 3 is 2.19 bits per heavy atom. The summed E-state index contributed by atoms with van der Waals surface area (Å²) >= 11 is 7.57. The zero-order valence-corrected chi connectivity index (χ0v) is 10.3. The van der Waals surface area contributed by atoms with Crippen molar-refractivity contribution in [2.24, 2.45) is 0 Å². The van der Waals surface area contributed by atoms with Gasteiger partial charge in [0.2, 0.25) is 0 Å². The molecule has 0 saturated heterocycles. The van der Waals surface area contributed by atoms with E-state index in [0.717, 1.165) is 15.7 Å². The van der Waals surface area contributed by atoms with Crippen molar-refractivity contribution >= 4 is 34.3 Å². The summed E-state index contributed by atoms with van der Waals surface area (Å²) in [4.78, 5) is 1.19. The lowest BCUT2D eigenvalue weighted by Crippen LogP contribution is -2.33. The van der Waals surface area contributed by atoms with Crippen molar-refractivity contribution in [2.75, 3.05) is 10.6 Å². The maximum absolute atomic E-state index is 5.98. The van der Waals surface area contributed by atoms with Crippen LogP contribution in [0.25, 0.3) is 0 Å². The van der Waals surface area contributed by atoms with Crippen molar-refractivity contribution in [3.05, 3.63) is 45.6 Å². The minimum Gasteiger partial charge on any atom is -0.357 e. The monoisotopic (exact) mass is 250 g/mol. The first kappa shape index (κ1) is 10.00. The first-order valence-electron chi connectivity index (χ1n) is 5.09. The SMILES string of the molecule is CC1(c2ccc(Cl)s2)Nc2ccccc2N1. The lowest BCUT2D eigenvalue weighted by atomic mass is 10.2. The van der Waals surface area contributed by atoms with E-state index in [-0.39, 0.29) is 5.66 Å². The quantitative estimate of drug-likeness (QED) is 0.796. The molecule has 4 heteroatoms. The van der Waals surface area contributed by atoms with E-state index in [1.807, 2.05) is 18.2 Å². The van der Waals surface area contributed by atoms with E-state index in [2.05, 4.69) is 35.8 Å². The van der Waals surface area contributed by atoms with E-state index in [1.165, 1.54) is 4.88 Å². The summed E-state index contributed by atoms with van der Waals surface area (Å²) in [6.07, 6.45) is 0. The molecular weight excluding hydrogens is 240 g/mol. The minimum atomic E-state index is -0.249. The number of rotatable bonds is 1. The highest BCUT2D eigenvalue weighted by Crippen LogP contribution is 2.41. The van der Waals surface area contributed by atoms with Gasteiger partial charge in [0, 0.05) is 0 Å². The van der Waals surface area contributed by atoms with Crippen LogP contribution in [0.1, 0.15) is 11.8 Å². The summed E-state index contributed by atoms with van der Waals surface area (Å²) in [5, 5.41) is 6.96. The maximum Gasteiger partial charge on any atom is 0.141 e. The average Bonchev–Trinajstić information content (AvgIpc) is 2.81. The summed E-state index contributed by atoms with van der Waals surface area (Å²) in [6.45, 7) is 2.12. The number of nitrogens with one attached hydrogen (secondary N) is 2. The molecule has 0 amide bonds.